The number of methoxy groups -OCH3 is 1. The van der Waals surface area contributed by atoms with Crippen LogP contribution in [0.15, 0.2) is 24.3 Å². The highest BCUT2D eigenvalue weighted by atomic mass is 16.5. The van der Waals surface area contributed by atoms with E-state index in [-0.39, 0.29) is 17.9 Å². The van der Waals surface area contributed by atoms with E-state index in [1.165, 1.54) is 0 Å². The molecule has 124 valence electrons. The largest absolute Gasteiger partial charge is 0.497 e. The number of likely N-dealkylation sites (tertiary alicyclic amines) is 2. The number of carbonyl (C=O) groups excluding carboxylic acids is 2. The summed E-state index contributed by atoms with van der Waals surface area (Å²) in [7, 11) is 3.51. The predicted octanol–water partition coefficient (Wildman–Crippen LogP) is 2.17. The van der Waals surface area contributed by atoms with E-state index in [9.17, 15) is 9.59 Å². The average molecular weight is 316 g/mol. The second-order valence-electron chi connectivity index (χ2n) is 6.50. The molecule has 1 aromatic rings. The Kier molecular flexibility index (Phi) is 4.55. The Morgan fingerprint density at radius 3 is 2.91 bits per heavy atom. The molecule has 2 saturated heterocycles. The van der Waals surface area contributed by atoms with Gasteiger partial charge in [-0.05, 0) is 43.4 Å². The van der Waals surface area contributed by atoms with E-state index in [1.807, 2.05) is 35.0 Å². The van der Waals surface area contributed by atoms with Gasteiger partial charge >= 0.3 is 0 Å². The Morgan fingerprint density at radius 2 is 2.13 bits per heavy atom. The van der Waals surface area contributed by atoms with Gasteiger partial charge in [-0.2, -0.15) is 0 Å². The number of carbonyl (C=O) groups is 2. The molecule has 0 aliphatic carbocycles. The van der Waals surface area contributed by atoms with Gasteiger partial charge in [0.15, 0.2) is 0 Å². The summed E-state index contributed by atoms with van der Waals surface area (Å²) in [5, 5.41) is 0. The average Bonchev–Trinajstić information content (AvgIpc) is 2.73. The summed E-state index contributed by atoms with van der Waals surface area (Å²) >= 11 is 0. The first-order chi connectivity index (χ1) is 11.1. The zero-order chi connectivity index (χ0) is 16.4. The molecule has 0 aromatic heterocycles. The second kappa shape index (κ2) is 6.60. The highest BCUT2D eigenvalue weighted by Gasteiger charge is 2.37. The number of hydrogen-bond donors (Lipinski definition) is 0. The third kappa shape index (κ3) is 3.19. The van der Waals surface area contributed by atoms with E-state index < -0.39 is 0 Å². The summed E-state index contributed by atoms with van der Waals surface area (Å²) in [5.74, 6) is 1.38. The number of benzene rings is 1. The molecule has 0 spiro atoms. The maximum absolute atomic E-state index is 12.8. The molecule has 5 heteroatoms. The fourth-order valence-electron chi connectivity index (χ4n) is 3.81. The minimum Gasteiger partial charge on any atom is -0.497 e. The lowest BCUT2D eigenvalue weighted by molar-refractivity contribution is -0.132. The number of amides is 2. The highest BCUT2D eigenvalue weighted by Crippen LogP contribution is 2.30. The van der Waals surface area contributed by atoms with Crippen molar-refractivity contribution in [1.29, 1.82) is 0 Å². The third-order valence-corrected chi connectivity index (χ3v) is 5.15. The summed E-state index contributed by atoms with van der Waals surface area (Å²) < 4.78 is 5.21. The Balaban J connectivity index is 1.73. The van der Waals surface area contributed by atoms with Gasteiger partial charge in [0.1, 0.15) is 5.75 Å². The summed E-state index contributed by atoms with van der Waals surface area (Å²) in [5.41, 5.74) is 0.667. The fourth-order valence-corrected chi connectivity index (χ4v) is 3.81. The zero-order valence-corrected chi connectivity index (χ0v) is 13.8. The molecule has 2 aliphatic heterocycles. The van der Waals surface area contributed by atoms with Crippen molar-refractivity contribution in [3.8, 4) is 5.75 Å². The molecule has 23 heavy (non-hydrogen) atoms. The van der Waals surface area contributed by atoms with Crippen LogP contribution in [0.3, 0.4) is 0 Å². The van der Waals surface area contributed by atoms with E-state index in [0.29, 0.717) is 30.2 Å². The lowest BCUT2D eigenvalue weighted by atomic mass is 9.88. The standard InChI is InChI=1S/C18H24N2O3/c1-19-16-9-10-20(12-14(16)6-4-8-17(19)21)18(22)13-5-3-7-15(11-13)23-2/h3,5,7,11,14,16H,4,6,8-10,12H2,1-2H3/t14-,16+/m0/s1. The number of piperidine rings is 1. The quantitative estimate of drug-likeness (QED) is 0.840. The molecule has 1 aromatic carbocycles. The van der Waals surface area contributed by atoms with Crippen LogP contribution < -0.4 is 4.74 Å². The summed E-state index contributed by atoms with van der Waals surface area (Å²) in [6, 6.07) is 7.59. The normalized spacial score (nSPS) is 24.9. The molecule has 2 amide bonds. The summed E-state index contributed by atoms with van der Waals surface area (Å²) in [6.45, 7) is 1.44. The number of ether oxygens (including phenoxy) is 1. The van der Waals surface area contributed by atoms with E-state index in [0.717, 1.165) is 25.8 Å². The van der Waals surface area contributed by atoms with Crippen molar-refractivity contribution in [2.45, 2.75) is 31.7 Å². The highest BCUT2D eigenvalue weighted by molar-refractivity contribution is 5.94. The molecule has 0 N–H and O–H groups in total. The molecular weight excluding hydrogens is 292 g/mol. The van der Waals surface area contributed by atoms with Gasteiger partial charge in [-0.3, -0.25) is 9.59 Å². The fraction of sp³-hybridized carbons (Fsp3) is 0.556. The molecular formula is C18H24N2O3. The van der Waals surface area contributed by atoms with Crippen molar-refractivity contribution in [2.75, 3.05) is 27.2 Å². The second-order valence-corrected chi connectivity index (χ2v) is 6.50. The van der Waals surface area contributed by atoms with Crippen LogP contribution in [0.1, 0.15) is 36.0 Å². The smallest absolute Gasteiger partial charge is 0.253 e. The molecule has 2 atom stereocenters. The summed E-state index contributed by atoms with van der Waals surface area (Å²) in [4.78, 5) is 28.6. The predicted molar refractivity (Wildman–Crippen MR) is 87.4 cm³/mol. The number of rotatable bonds is 2. The van der Waals surface area contributed by atoms with Crippen LogP contribution >= 0.6 is 0 Å². The first-order valence-electron chi connectivity index (χ1n) is 8.29. The summed E-state index contributed by atoms with van der Waals surface area (Å²) in [6.07, 6.45) is 3.43. The van der Waals surface area contributed by atoms with Crippen molar-refractivity contribution >= 4 is 11.8 Å². The third-order valence-electron chi connectivity index (χ3n) is 5.15. The topological polar surface area (TPSA) is 49.9 Å². The maximum atomic E-state index is 12.8. The van der Waals surface area contributed by atoms with E-state index in [4.69, 9.17) is 4.74 Å². The Bertz CT molecular complexity index is 602. The van der Waals surface area contributed by atoms with E-state index in [2.05, 4.69) is 0 Å². The lowest BCUT2D eigenvalue weighted by Gasteiger charge is -2.41. The van der Waals surface area contributed by atoms with Gasteiger partial charge in [0.2, 0.25) is 5.91 Å². The van der Waals surface area contributed by atoms with Crippen LogP contribution in [-0.4, -0.2) is 54.9 Å². The van der Waals surface area contributed by atoms with E-state index in [1.54, 1.807) is 13.2 Å². The van der Waals surface area contributed by atoms with Gasteiger partial charge in [-0.15, -0.1) is 0 Å². The minimum absolute atomic E-state index is 0.0561. The lowest BCUT2D eigenvalue weighted by Crippen LogP contribution is -2.51. The van der Waals surface area contributed by atoms with Crippen LogP contribution in [0, 0.1) is 5.92 Å². The van der Waals surface area contributed by atoms with Crippen molar-refractivity contribution < 1.29 is 14.3 Å². The first kappa shape index (κ1) is 15.8. The molecule has 3 rings (SSSR count). The Morgan fingerprint density at radius 1 is 1.30 bits per heavy atom. The van der Waals surface area contributed by atoms with Crippen LogP contribution in [0.4, 0.5) is 0 Å². The Labute approximate surface area is 137 Å². The molecule has 0 bridgehead atoms. The molecule has 2 fully saturated rings. The van der Waals surface area contributed by atoms with Gasteiger partial charge in [0.25, 0.3) is 5.91 Å². The van der Waals surface area contributed by atoms with Crippen LogP contribution in [0.25, 0.3) is 0 Å². The molecule has 2 aliphatic rings. The number of hydrogen-bond acceptors (Lipinski definition) is 3. The monoisotopic (exact) mass is 316 g/mol. The van der Waals surface area contributed by atoms with Crippen LogP contribution in [-0.2, 0) is 4.79 Å². The van der Waals surface area contributed by atoms with Crippen LogP contribution in [0.5, 0.6) is 5.75 Å². The molecule has 0 unspecified atom stereocenters. The van der Waals surface area contributed by atoms with Gasteiger partial charge in [0, 0.05) is 38.2 Å². The number of nitrogens with zero attached hydrogens (tertiary/aromatic N) is 2. The molecule has 0 saturated carbocycles. The van der Waals surface area contributed by atoms with Crippen LogP contribution in [0.2, 0.25) is 0 Å². The van der Waals surface area contributed by atoms with Crippen molar-refractivity contribution in [1.82, 2.24) is 9.80 Å². The van der Waals surface area contributed by atoms with Crippen molar-refractivity contribution in [3.05, 3.63) is 29.8 Å². The van der Waals surface area contributed by atoms with Gasteiger partial charge in [-0.25, -0.2) is 0 Å². The van der Waals surface area contributed by atoms with E-state index >= 15 is 0 Å². The molecule has 0 radical (unpaired) electrons. The first-order valence-corrected chi connectivity index (χ1v) is 8.29. The SMILES string of the molecule is COc1cccc(C(=O)N2CC[C@@H]3[C@@H](CCCC(=O)N3C)C2)c1. The molecule has 2 heterocycles. The van der Waals surface area contributed by atoms with Gasteiger partial charge in [-0.1, -0.05) is 6.07 Å². The number of fused-ring (bicyclic) bond motifs is 1. The molecule has 5 nitrogen and oxygen atoms in total. The Hall–Kier alpha value is -2.04. The van der Waals surface area contributed by atoms with Gasteiger partial charge in [0.05, 0.1) is 7.11 Å². The minimum atomic E-state index is 0.0561. The zero-order valence-electron chi connectivity index (χ0n) is 13.8. The maximum Gasteiger partial charge on any atom is 0.253 e. The van der Waals surface area contributed by atoms with Gasteiger partial charge < -0.3 is 14.5 Å². The van der Waals surface area contributed by atoms with Crippen molar-refractivity contribution in [3.63, 3.8) is 0 Å². The van der Waals surface area contributed by atoms with Crippen molar-refractivity contribution in [2.24, 2.45) is 5.92 Å².